The molecule has 2 aromatic rings. The van der Waals surface area contributed by atoms with Crippen LogP contribution in [-0.4, -0.2) is 41.3 Å². The van der Waals surface area contributed by atoms with Crippen LogP contribution in [0.3, 0.4) is 0 Å². The molecule has 3 aliphatic rings. The quantitative estimate of drug-likeness (QED) is 0.538. The van der Waals surface area contributed by atoms with Crippen molar-refractivity contribution in [1.82, 2.24) is 10.8 Å². The van der Waals surface area contributed by atoms with Crippen molar-refractivity contribution in [3.8, 4) is 11.1 Å². The van der Waals surface area contributed by atoms with Crippen LogP contribution >= 0.6 is 0 Å². The molecule has 0 saturated heterocycles. The fourth-order valence-corrected chi connectivity index (χ4v) is 5.68. The zero-order valence-corrected chi connectivity index (χ0v) is 19.0. The molecule has 2 fully saturated rings. The van der Waals surface area contributed by atoms with E-state index in [4.69, 9.17) is 14.7 Å². The number of amides is 2. The average molecular weight is 465 g/mol. The van der Waals surface area contributed by atoms with Crippen LogP contribution in [0.15, 0.2) is 48.5 Å². The Bertz CT molecular complexity index is 1090. The molecule has 0 heterocycles. The first-order valence-corrected chi connectivity index (χ1v) is 11.6. The summed E-state index contributed by atoms with van der Waals surface area (Å²) in [5.74, 6) is -1.82. The number of hydrogen-bond acceptors (Lipinski definition) is 5. The number of nitrogens with one attached hydrogen (secondary N) is 2. The molecule has 1 unspecified atom stereocenters. The Hall–Kier alpha value is -3.39. The lowest BCUT2D eigenvalue weighted by atomic mass is 9.48. The molecule has 3 aliphatic carbocycles. The van der Waals surface area contributed by atoms with Gasteiger partial charge < -0.3 is 15.2 Å². The van der Waals surface area contributed by atoms with Gasteiger partial charge in [-0.3, -0.25) is 9.63 Å². The molecule has 0 bridgehead atoms. The van der Waals surface area contributed by atoms with E-state index < -0.39 is 29.6 Å². The largest absolute Gasteiger partial charge is 0.479 e. The van der Waals surface area contributed by atoms with Crippen molar-refractivity contribution >= 4 is 18.0 Å². The second-order valence-corrected chi connectivity index (χ2v) is 9.77. The second-order valence-electron chi connectivity index (χ2n) is 9.77. The number of ether oxygens (including phenoxy) is 1. The van der Waals surface area contributed by atoms with E-state index >= 15 is 0 Å². The third-order valence-corrected chi connectivity index (χ3v) is 7.56. The topological polar surface area (TPSA) is 114 Å². The maximum Gasteiger partial charge on any atom is 0.408 e. The highest BCUT2D eigenvalue weighted by Crippen LogP contribution is 2.60. The van der Waals surface area contributed by atoms with Gasteiger partial charge >= 0.3 is 12.1 Å². The number of benzene rings is 2. The van der Waals surface area contributed by atoms with E-state index in [-0.39, 0.29) is 17.9 Å². The summed E-state index contributed by atoms with van der Waals surface area (Å²) in [4.78, 5) is 41.8. The highest BCUT2D eigenvalue weighted by atomic mass is 16.7. The summed E-state index contributed by atoms with van der Waals surface area (Å²) in [6, 6.07) is 16.2. The van der Waals surface area contributed by atoms with Crippen LogP contribution in [0, 0.1) is 5.41 Å². The monoisotopic (exact) mass is 464 g/mol. The lowest BCUT2D eigenvalue weighted by Gasteiger charge is -2.59. The van der Waals surface area contributed by atoms with E-state index in [1.165, 1.54) is 6.92 Å². The van der Waals surface area contributed by atoms with E-state index in [1.807, 2.05) is 36.4 Å². The van der Waals surface area contributed by atoms with E-state index in [0.717, 1.165) is 41.5 Å². The second kappa shape index (κ2) is 8.43. The fourth-order valence-electron chi connectivity index (χ4n) is 5.68. The highest BCUT2D eigenvalue weighted by molar-refractivity contribution is 5.91. The van der Waals surface area contributed by atoms with Crippen molar-refractivity contribution in [3.05, 3.63) is 59.7 Å². The molecule has 1 spiro atoms. The number of carbonyl (C=O) groups excluding carboxylic acids is 2. The van der Waals surface area contributed by atoms with Gasteiger partial charge in [-0.05, 0) is 60.3 Å². The number of carbonyl (C=O) groups is 3. The Kier molecular flexibility index (Phi) is 5.56. The van der Waals surface area contributed by atoms with Gasteiger partial charge in [0.1, 0.15) is 12.1 Å². The van der Waals surface area contributed by atoms with Crippen LogP contribution in [-0.2, 0) is 19.2 Å². The van der Waals surface area contributed by atoms with Crippen LogP contribution < -0.4 is 10.8 Å². The SMILES string of the molecule is CC(ONC(=O)C1(NC(=O)OCC2c3ccccc3-c3ccccc32)CC2(CCC2)C1)C(=O)O. The zero-order valence-electron chi connectivity index (χ0n) is 19.0. The standard InChI is InChI=1S/C26H28N2O6/c1-16(22(29)30)34-28-23(31)26(14-25(15-26)11-6-12-25)27-24(32)33-13-21-19-9-4-2-7-17(19)18-8-3-5-10-20(18)21/h2-5,7-10,16,21H,6,11-15H2,1H3,(H,27,32)(H,28,31)(H,29,30). The summed E-state index contributed by atoms with van der Waals surface area (Å²) in [5, 5.41) is 11.8. The summed E-state index contributed by atoms with van der Waals surface area (Å²) >= 11 is 0. The van der Waals surface area contributed by atoms with Gasteiger partial charge in [0.15, 0.2) is 6.10 Å². The Labute approximate surface area is 197 Å². The fraction of sp³-hybridized carbons (Fsp3) is 0.423. The van der Waals surface area contributed by atoms with E-state index in [1.54, 1.807) is 0 Å². The van der Waals surface area contributed by atoms with Gasteiger partial charge in [-0.15, -0.1) is 0 Å². The summed E-state index contributed by atoms with van der Waals surface area (Å²) in [6.07, 6.45) is 2.24. The minimum atomic E-state index is -1.20. The molecule has 8 nitrogen and oxygen atoms in total. The van der Waals surface area contributed by atoms with E-state index in [2.05, 4.69) is 22.9 Å². The van der Waals surface area contributed by atoms with Gasteiger partial charge in [-0.2, -0.15) is 0 Å². The minimum Gasteiger partial charge on any atom is -0.479 e. The van der Waals surface area contributed by atoms with E-state index in [9.17, 15) is 14.4 Å². The Balaban J connectivity index is 1.26. The van der Waals surface area contributed by atoms with Crippen molar-refractivity contribution in [1.29, 1.82) is 0 Å². The predicted octanol–water partition coefficient (Wildman–Crippen LogP) is 3.75. The van der Waals surface area contributed by atoms with Crippen molar-refractivity contribution in [2.75, 3.05) is 6.61 Å². The average Bonchev–Trinajstić information content (AvgIpc) is 3.10. The third-order valence-electron chi connectivity index (χ3n) is 7.56. The molecule has 34 heavy (non-hydrogen) atoms. The number of carboxylic acids is 1. The first kappa shape index (κ1) is 22.4. The number of fused-ring (bicyclic) bond motifs is 3. The summed E-state index contributed by atoms with van der Waals surface area (Å²) in [5.41, 5.74) is 5.62. The van der Waals surface area contributed by atoms with Gasteiger partial charge in [0, 0.05) is 5.92 Å². The molecule has 1 atom stereocenters. The summed E-state index contributed by atoms with van der Waals surface area (Å²) in [6.45, 7) is 1.47. The van der Waals surface area contributed by atoms with E-state index in [0.29, 0.717) is 12.8 Å². The number of alkyl carbamates (subject to hydrolysis) is 1. The summed E-state index contributed by atoms with van der Waals surface area (Å²) in [7, 11) is 0. The number of rotatable bonds is 7. The molecule has 2 saturated carbocycles. The van der Waals surface area contributed by atoms with Gasteiger partial charge in [-0.25, -0.2) is 15.1 Å². The first-order chi connectivity index (χ1) is 16.3. The third kappa shape index (κ3) is 3.81. The molecule has 0 aromatic heterocycles. The molecular formula is C26H28N2O6. The molecule has 178 valence electrons. The van der Waals surface area contributed by atoms with Crippen LogP contribution in [0.25, 0.3) is 11.1 Å². The van der Waals surface area contributed by atoms with Gasteiger partial charge in [-0.1, -0.05) is 55.0 Å². The number of aliphatic carboxylic acids is 1. The van der Waals surface area contributed by atoms with Crippen molar-refractivity contribution in [2.45, 2.75) is 56.6 Å². The number of hydrogen-bond donors (Lipinski definition) is 3. The van der Waals surface area contributed by atoms with Gasteiger partial charge in [0.2, 0.25) is 0 Å². The normalized spacial score (nSPS) is 19.7. The number of carboxylic acid groups (broad SMARTS) is 1. The van der Waals surface area contributed by atoms with Crippen molar-refractivity contribution in [3.63, 3.8) is 0 Å². The Morgan fingerprint density at radius 2 is 1.62 bits per heavy atom. The van der Waals surface area contributed by atoms with Gasteiger partial charge in [0.05, 0.1) is 0 Å². The zero-order chi connectivity index (χ0) is 23.9. The van der Waals surface area contributed by atoms with Crippen LogP contribution in [0.5, 0.6) is 0 Å². The maximum atomic E-state index is 12.9. The van der Waals surface area contributed by atoms with Crippen LogP contribution in [0.2, 0.25) is 0 Å². The highest BCUT2D eigenvalue weighted by Gasteiger charge is 2.62. The van der Waals surface area contributed by atoms with Gasteiger partial charge in [0.25, 0.3) is 5.91 Å². The lowest BCUT2D eigenvalue weighted by molar-refractivity contribution is -0.168. The van der Waals surface area contributed by atoms with Crippen molar-refractivity contribution in [2.24, 2.45) is 5.41 Å². The smallest absolute Gasteiger partial charge is 0.408 e. The number of hydroxylamine groups is 1. The molecule has 0 aliphatic heterocycles. The Morgan fingerprint density at radius 3 is 2.15 bits per heavy atom. The lowest BCUT2D eigenvalue weighted by Crippen LogP contribution is -2.70. The Morgan fingerprint density at radius 1 is 1.03 bits per heavy atom. The summed E-state index contributed by atoms with van der Waals surface area (Å²) < 4.78 is 5.64. The first-order valence-electron chi connectivity index (χ1n) is 11.6. The van der Waals surface area contributed by atoms with Crippen molar-refractivity contribution < 1.29 is 29.1 Å². The molecule has 0 radical (unpaired) electrons. The molecule has 2 amide bonds. The van der Waals surface area contributed by atoms with Crippen LogP contribution in [0.4, 0.5) is 4.79 Å². The molecular weight excluding hydrogens is 436 g/mol. The molecule has 3 N–H and O–H groups in total. The maximum absolute atomic E-state index is 12.9. The predicted molar refractivity (Wildman–Crippen MR) is 123 cm³/mol. The molecule has 2 aromatic carbocycles. The minimum absolute atomic E-state index is 0.0619. The molecule has 5 rings (SSSR count). The molecule has 8 heteroatoms. The van der Waals surface area contributed by atoms with Crippen LogP contribution in [0.1, 0.15) is 56.1 Å².